The number of benzene rings is 1. The monoisotopic (exact) mass is 317 g/mol. The average Bonchev–Trinajstić information content (AvgIpc) is 3.08. The first-order valence-corrected chi connectivity index (χ1v) is 8.69. The van der Waals surface area contributed by atoms with Crippen LogP contribution in [-0.4, -0.2) is 36.0 Å². The van der Waals surface area contributed by atoms with E-state index in [-0.39, 0.29) is 11.9 Å². The predicted octanol–water partition coefficient (Wildman–Crippen LogP) is 3.34. The summed E-state index contributed by atoms with van der Waals surface area (Å²) in [4.78, 5) is 26.2. The van der Waals surface area contributed by atoms with Gasteiger partial charge in [-0.1, -0.05) is 43.2 Å². The smallest absolute Gasteiger partial charge is 0.307 e. The highest BCUT2D eigenvalue weighted by Crippen LogP contribution is 2.24. The maximum Gasteiger partial charge on any atom is 0.307 e. The third-order valence-electron chi connectivity index (χ3n) is 4.42. The van der Waals surface area contributed by atoms with E-state index < -0.39 is 0 Å². The third kappa shape index (κ3) is 5.70. The minimum atomic E-state index is -0.216. The van der Waals surface area contributed by atoms with Crippen LogP contribution in [0.25, 0.3) is 0 Å². The van der Waals surface area contributed by atoms with Crippen LogP contribution in [0.2, 0.25) is 0 Å². The maximum absolute atomic E-state index is 12.6. The van der Waals surface area contributed by atoms with E-state index in [2.05, 4.69) is 0 Å². The number of ether oxygens (including phenoxy) is 1. The number of carbonyl (C=O) groups is 2. The Hall–Kier alpha value is -1.84. The van der Waals surface area contributed by atoms with Crippen LogP contribution >= 0.6 is 0 Å². The van der Waals surface area contributed by atoms with E-state index in [1.165, 1.54) is 18.4 Å². The van der Waals surface area contributed by atoms with Crippen LogP contribution in [0.1, 0.15) is 51.0 Å². The lowest BCUT2D eigenvalue weighted by molar-refractivity contribution is -0.144. The molecule has 1 aromatic carbocycles. The van der Waals surface area contributed by atoms with Gasteiger partial charge in [0.2, 0.25) is 5.91 Å². The molecule has 0 radical (unpaired) electrons. The zero-order chi connectivity index (χ0) is 16.5. The molecule has 0 aromatic heterocycles. The van der Waals surface area contributed by atoms with Gasteiger partial charge in [0.25, 0.3) is 0 Å². The number of hydrogen-bond acceptors (Lipinski definition) is 3. The molecule has 2 rings (SSSR count). The number of nitrogens with zero attached hydrogens (tertiary/aromatic N) is 1. The van der Waals surface area contributed by atoms with Crippen LogP contribution in [-0.2, 0) is 20.7 Å². The van der Waals surface area contributed by atoms with E-state index in [9.17, 15) is 9.59 Å². The van der Waals surface area contributed by atoms with Crippen molar-refractivity contribution in [3.8, 4) is 0 Å². The lowest BCUT2D eigenvalue weighted by atomic mass is 10.1. The molecule has 1 aliphatic rings. The van der Waals surface area contributed by atoms with Gasteiger partial charge in [0.15, 0.2) is 0 Å². The summed E-state index contributed by atoms with van der Waals surface area (Å²) in [6.07, 6.45) is 6.01. The van der Waals surface area contributed by atoms with E-state index in [1.807, 2.05) is 35.2 Å². The van der Waals surface area contributed by atoms with Gasteiger partial charge in [0, 0.05) is 19.0 Å². The molecule has 1 fully saturated rings. The molecule has 0 spiro atoms. The molecule has 0 heterocycles. The molecule has 4 nitrogen and oxygen atoms in total. The fraction of sp³-hybridized carbons (Fsp3) is 0.579. The second-order valence-electron chi connectivity index (χ2n) is 6.07. The Morgan fingerprint density at radius 1 is 1.13 bits per heavy atom. The zero-order valence-electron chi connectivity index (χ0n) is 14.0. The first-order chi connectivity index (χ1) is 11.2. The Balaban J connectivity index is 1.89. The van der Waals surface area contributed by atoms with Crippen LogP contribution < -0.4 is 0 Å². The Morgan fingerprint density at radius 2 is 1.83 bits per heavy atom. The summed E-state index contributed by atoms with van der Waals surface area (Å²) in [5.74, 6) is -0.0589. The highest BCUT2D eigenvalue weighted by atomic mass is 16.5. The molecule has 0 bridgehead atoms. The normalized spacial score (nSPS) is 14.7. The highest BCUT2D eigenvalue weighted by molar-refractivity contribution is 5.78. The lowest BCUT2D eigenvalue weighted by Crippen LogP contribution is -2.40. The third-order valence-corrected chi connectivity index (χ3v) is 4.42. The number of aryl methyl sites for hydroxylation is 1. The van der Waals surface area contributed by atoms with Crippen LogP contribution in [0, 0.1) is 0 Å². The molecule has 4 heteroatoms. The topological polar surface area (TPSA) is 46.6 Å². The maximum atomic E-state index is 12.6. The van der Waals surface area contributed by atoms with Gasteiger partial charge in [-0.2, -0.15) is 0 Å². The molecule has 0 atom stereocenters. The molecule has 1 amide bonds. The van der Waals surface area contributed by atoms with Gasteiger partial charge in [-0.05, 0) is 31.7 Å². The van der Waals surface area contributed by atoms with Crippen LogP contribution in [0.5, 0.6) is 0 Å². The summed E-state index contributed by atoms with van der Waals surface area (Å²) in [6.45, 7) is 2.68. The van der Waals surface area contributed by atoms with Gasteiger partial charge in [-0.3, -0.25) is 9.59 Å². The molecular formula is C19H27NO3. The molecule has 23 heavy (non-hydrogen) atoms. The molecule has 1 aliphatic carbocycles. The summed E-state index contributed by atoms with van der Waals surface area (Å²) in [6, 6.07) is 10.4. The quantitative estimate of drug-likeness (QED) is 0.691. The Bertz CT molecular complexity index is 495. The largest absolute Gasteiger partial charge is 0.466 e. The minimum absolute atomic E-state index is 0.157. The second kappa shape index (κ2) is 9.33. The van der Waals surface area contributed by atoms with Crippen molar-refractivity contribution in [1.82, 2.24) is 4.90 Å². The number of amides is 1. The van der Waals surface area contributed by atoms with Crippen molar-refractivity contribution in [2.45, 2.75) is 57.9 Å². The molecule has 0 unspecified atom stereocenters. The first kappa shape index (κ1) is 17.5. The van der Waals surface area contributed by atoms with Crippen molar-refractivity contribution >= 4 is 11.9 Å². The fourth-order valence-corrected chi connectivity index (χ4v) is 3.21. The SMILES string of the molecule is CCOC(=O)CCN(C(=O)CCc1ccccc1)C1CCCC1. The Morgan fingerprint density at radius 3 is 2.48 bits per heavy atom. The van der Waals surface area contributed by atoms with E-state index in [0.29, 0.717) is 32.0 Å². The average molecular weight is 317 g/mol. The van der Waals surface area contributed by atoms with Crippen LogP contribution in [0.3, 0.4) is 0 Å². The van der Waals surface area contributed by atoms with E-state index in [0.717, 1.165) is 19.3 Å². The van der Waals surface area contributed by atoms with Gasteiger partial charge in [-0.15, -0.1) is 0 Å². The molecule has 0 aliphatic heterocycles. The molecule has 1 aromatic rings. The van der Waals surface area contributed by atoms with Crippen molar-refractivity contribution in [2.24, 2.45) is 0 Å². The molecule has 0 saturated heterocycles. The molecule has 0 N–H and O–H groups in total. The molecular weight excluding hydrogens is 290 g/mol. The lowest BCUT2D eigenvalue weighted by Gasteiger charge is -2.29. The zero-order valence-corrected chi connectivity index (χ0v) is 14.0. The van der Waals surface area contributed by atoms with Gasteiger partial charge in [0.05, 0.1) is 13.0 Å². The standard InChI is InChI=1S/C19H27NO3/c1-2-23-19(22)14-15-20(17-10-6-7-11-17)18(21)13-12-16-8-4-3-5-9-16/h3-5,8-9,17H,2,6-7,10-15H2,1H3. The summed E-state index contributed by atoms with van der Waals surface area (Å²) in [5, 5.41) is 0. The predicted molar refractivity (Wildman–Crippen MR) is 90.0 cm³/mol. The number of carbonyl (C=O) groups excluding carboxylic acids is 2. The van der Waals surface area contributed by atoms with Gasteiger partial charge in [-0.25, -0.2) is 0 Å². The van der Waals surface area contributed by atoms with Crippen molar-refractivity contribution in [1.29, 1.82) is 0 Å². The summed E-state index contributed by atoms with van der Waals surface area (Å²) < 4.78 is 4.99. The van der Waals surface area contributed by atoms with E-state index in [1.54, 1.807) is 6.92 Å². The molecule has 1 saturated carbocycles. The van der Waals surface area contributed by atoms with Gasteiger partial charge < -0.3 is 9.64 Å². The fourth-order valence-electron chi connectivity index (χ4n) is 3.21. The van der Waals surface area contributed by atoms with Crippen LogP contribution in [0.4, 0.5) is 0 Å². The van der Waals surface area contributed by atoms with Crippen molar-refractivity contribution in [2.75, 3.05) is 13.2 Å². The number of rotatable bonds is 8. The highest BCUT2D eigenvalue weighted by Gasteiger charge is 2.26. The van der Waals surface area contributed by atoms with E-state index >= 15 is 0 Å². The Labute approximate surface area is 138 Å². The van der Waals surface area contributed by atoms with Crippen molar-refractivity contribution in [3.05, 3.63) is 35.9 Å². The van der Waals surface area contributed by atoms with Crippen molar-refractivity contribution < 1.29 is 14.3 Å². The van der Waals surface area contributed by atoms with Crippen molar-refractivity contribution in [3.63, 3.8) is 0 Å². The van der Waals surface area contributed by atoms with Gasteiger partial charge in [0.1, 0.15) is 0 Å². The van der Waals surface area contributed by atoms with E-state index in [4.69, 9.17) is 4.74 Å². The van der Waals surface area contributed by atoms with Crippen LogP contribution in [0.15, 0.2) is 30.3 Å². The second-order valence-corrected chi connectivity index (χ2v) is 6.07. The number of hydrogen-bond donors (Lipinski definition) is 0. The summed E-state index contributed by atoms with van der Waals surface area (Å²) in [5.41, 5.74) is 1.18. The molecule has 126 valence electrons. The van der Waals surface area contributed by atoms with Gasteiger partial charge >= 0.3 is 5.97 Å². The summed E-state index contributed by atoms with van der Waals surface area (Å²) in [7, 11) is 0. The first-order valence-electron chi connectivity index (χ1n) is 8.69. The number of esters is 1. The summed E-state index contributed by atoms with van der Waals surface area (Å²) >= 11 is 0. The minimum Gasteiger partial charge on any atom is -0.466 e. The Kier molecular flexibility index (Phi) is 7.11.